The van der Waals surface area contributed by atoms with Gasteiger partial charge >= 0.3 is 0 Å². The first-order chi connectivity index (χ1) is 9.55. The van der Waals surface area contributed by atoms with Crippen molar-refractivity contribution in [2.24, 2.45) is 11.8 Å². The molecule has 1 saturated carbocycles. The van der Waals surface area contributed by atoms with Crippen LogP contribution in [0.2, 0.25) is 0 Å². The highest BCUT2D eigenvalue weighted by Gasteiger charge is 2.48. The van der Waals surface area contributed by atoms with Crippen LogP contribution in [-0.4, -0.2) is 22.9 Å². The molecule has 3 unspecified atom stereocenters. The van der Waals surface area contributed by atoms with E-state index in [1.165, 1.54) is 18.4 Å². The zero-order valence-corrected chi connectivity index (χ0v) is 13.4. The van der Waals surface area contributed by atoms with Crippen molar-refractivity contribution in [1.29, 1.82) is 0 Å². The Balaban J connectivity index is 1.83. The summed E-state index contributed by atoms with van der Waals surface area (Å²) >= 11 is 1.70. The fourth-order valence-corrected chi connectivity index (χ4v) is 3.81. The average Bonchev–Trinajstić information content (AvgIpc) is 3.10. The standard InChI is InChI=1S/C16H24N2OS/c1-4-16(3)15(19)18(9-11(2)12-5-6-12)14(17-16)13-7-8-20-10-13/h7-8,10-12,14,17H,4-6,9H2,1-3H3. The van der Waals surface area contributed by atoms with E-state index >= 15 is 0 Å². The van der Waals surface area contributed by atoms with E-state index in [-0.39, 0.29) is 12.1 Å². The predicted molar refractivity (Wildman–Crippen MR) is 82.5 cm³/mol. The van der Waals surface area contributed by atoms with Gasteiger partial charge in [0.2, 0.25) is 5.91 Å². The first-order valence-corrected chi connectivity index (χ1v) is 8.60. The largest absolute Gasteiger partial charge is 0.321 e. The van der Waals surface area contributed by atoms with Crippen molar-refractivity contribution in [3.05, 3.63) is 22.4 Å². The number of carbonyl (C=O) groups excluding carboxylic acids is 1. The van der Waals surface area contributed by atoms with Gasteiger partial charge in [-0.2, -0.15) is 11.3 Å². The second kappa shape index (κ2) is 5.15. The minimum atomic E-state index is -0.407. The van der Waals surface area contributed by atoms with Crippen LogP contribution >= 0.6 is 11.3 Å². The molecule has 0 bridgehead atoms. The summed E-state index contributed by atoms with van der Waals surface area (Å²) in [4.78, 5) is 14.9. The third kappa shape index (κ3) is 2.40. The normalized spacial score (nSPS) is 31.9. The quantitative estimate of drug-likeness (QED) is 0.902. The summed E-state index contributed by atoms with van der Waals surface area (Å²) in [5, 5.41) is 7.81. The summed E-state index contributed by atoms with van der Waals surface area (Å²) in [6.45, 7) is 7.30. The SMILES string of the molecule is CCC1(C)NC(c2ccsc2)N(CC(C)C2CC2)C1=O. The molecule has 0 radical (unpaired) electrons. The smallest absolute Gasteiger partial charge is 0.244 e. The molecule has 1 aromatic heterocycles. The maximum absolute atomic E-state index is 12.8. The Bertz CT molecular complexity index is 483. The zero-order chi connectivity index (χ0) is 14.3. The molecule has 1 saturated heterocycles. The van der Waals surface area contributed by atoms with Crippen molar-refractivity contribution in [2.45, 2.75) is 51.7 Å². The Labute approximate surface area is 125 Å². The lowest BCUT2D eigenvalue weighted by Gasteiger charge is -2.27. The topological polar surface area (TPSA) is 32.3 Å². The van der Waals surface area contributed by atoms with Gasteiger partial charge in [-0.1, -0.05) is 13.8 Å². The molecular formula is C16H24N2OS. The van der Waals surface area contributed by atoms with E-state index in [9.17, 15) is 4.79 Å². The van der Waals surface area contributed by atoms with Crippen molar-refractivity contribution >= 4 is 17.2 Å². The third-order valence-corrected chi connectivity index (χ3v) is 5.68. The van der Waals surface area contributed by atoms with E-state index in [1.54, 1.807) is 11.3 Å². The van der Waals surface area contributed by atoms with Crippen molar-refractivity contribution in [3.63, 3.8) is 0 Å². The van der Waals surface area contributed by atoms with Gasteiger partial charge in [-0.15, -0.1) is 0 Å². The van der Waals surface area contributed by atoms with Crippen molar-refractivity contribution in [3.8, 4) is 0 Å². The maximum Gasteiger partial charge on any atom is 0.244 e. The van der Waals surface area contributed by atoms with Gasteiger partial charge in [-0.05, 0) is 60.4 Å². The van der Waals surface area contributed by atoms with Crippen LogP contribution in [0.3, 0.4) is 0 Å². The second-order valence-corrected chi connectivity index (χ2v) is 7.34. The molecule has 3 atom stereocenters. The van der Waals surface area contributed by atoms with Gasteiger partial charge in [0.05, 0.1) is 5.54 Å². The van der Waals surface area contributed by atoms with Crippen molar-refractivity contribution in [1.82, 2.24) is 10.2 Å². The fourth-order valence-electron chi connectivity index (χ4n) is 3.14. The summed E-state index contributed by atoms with van der Waals surface area (Å²) in [6.07, 6.45) is 3.57. The van der Waals surface area contributed by atoms with Gasteiger partial charge < -0.3 is 4.90 Å². The molecule has 0 spiro atoms. The number of nitrogens with zero attached hydrogens (tertiary/aromatic N) is 1. The van der Waals surface area contributed by atoms with Crippen molar-refractivity contribution in [2.75, 3.05) is 6.54 Å². The van der Waals surface area contributed by atoms with Crippen LogP contribution in [0.1, 0.15) is 51.8 Å². The van der Waals surface area contributed by atoms with Crippen LogP contribution in [0, 0.1) is 11.8 Å². The minimum absolute atomic E-state index is 0.0555. The van der Waals surface area contributed by atoms with Gasteiger partial charge in [0, 0.05) is 6.54 Å². The summed E-state index contributed by atoms with van der Waals surface area (Å²) in [6, 6.07) is 2.13. The molecule has 3 nitrogen and oxygen atoms in total. The monoisotopic (exact) mass is 292 g/mol. The highest BCUT2D eigenvalue weighted by molar-refractivity contribution is 7.07. The first kappa shape index (κ1) is 14.1. The summed E-state index contributed by atoms with van der Waals surface area (Å²) < 4.78 is 0. The lowest BCUT2D eigenvalue weighted by molar-refractivity contribution is -0.133. The Morgan fingerprint density at radius 3 is 2.85 bits per heavy atom. The average molecular weight is 292 g/mol. The first-order valence-electron chi connectivity index (χ1n) is 7.66. The lowest BCUT2D eigenvalue weighted by Crippen LogP contribution is -2.43. The number of rotatable bonds is 5. The molecule has 1 aliphatic heterocycles. The molecule has 4 heteroatoms. The number of thiophene rings is 1. The predicted octanol–water partition coefficient (Wildman–Crippen LogP) is 3.39. The van der Waals surface area contributed by atoms with E-state index < -0.39 is 5.54 Å². The summed E-state index contributed by atoms with van der Waals surface area (Å²) in [7, 11) is 0. The summed E-state index contributed by atoms with van der Waals surface area (Å²) in [5.41, 5.74) is 0.819. The number of nitrogens with one attached hydrogen (secondary N) is 1. The van der Waals surface area contributed by atoms with Gasteiger partial charge in [0.25, 0.3) is 0 Å². The molecule has 2 heterocycles. The van der Waals surface area contributed by atoms with Gasteiger partial charge in [-0.3, -0.25) is 10.1 Å². The molecule has 110 valence electrons. The number of hydrogen-bond donors (Lipinski definition) is 1. The Morgan fingerprint density at radius 1 is 1.55 bits per heavy atom. The van der Waals surface area contributed by atoms with Crippen LogP contribution in [0.15, 0.2) is 16.8 Å². The van der Waals surface area contributed by atoms with Crippen LogP contribution in [-0.2, 0) is 4.79 Å². The van der Waals surface area contributed by atoms with Gasteiger partial charge in [0.1, 0.15) is 6.17 Å². The number of amides is 1. The van der Waals surface area contributed by atoms with E-state index in [1.807, 2.05) is 6.92 Å². The summed E-state index contributed by atoms with van der Waals surface area (Å²) in [5.74, 6) is 1.71. The maximum atomic E-state index is 12.8. The number of hydrogen-bond acceptors (Lipinski definition) is 3. The Hall–Kier alpha value is -0.870. The zero-order valence-electron chi connectivity index (χ0n) is 12.6. The van der Waals surface area contributed by atoms with E-state index in [2.05, 4.69) is 40.9 Å². The van der Waals surface area contributed by atoms with E-state index in [0.717, 1.165) is 18.9 Å². The second-order valence-electron chi connectivity index (χ2n) is 6.56. The molecule has 20 heavy (non-hydrogen) atoms. The Kier molecular flexibility index (Phi) is 3.63. The minimum Gasteiger partial charge on any atom is -0.321 e. The Morgan fingerprint density at radius 2 is 2.30 bits per heavy atom. The molecule has 2 aliphatic rings. The van der Waals surface area contributed by atoms with E-state index in [4.69, 9.17) is 0 Å². The van der Waals surface area contributed by atoms with Crippen LogP contribution < -0.4 is 5.32 Å². The molecule has 3 rings (SSSR count). The van der Waals surface area contributed by atoms with E-state index in [0.29, 0.717) is 5.92 Å². The number of carbonyl (C=O) groups is 1. The van der Waals surface area contributed by atoms with Gasteiger partial charge in [0.15, 0.2) is 0 Å². The molecule has 1 aliphatic carbocycles. The molecule has 2 fully saturated rings. The van der Waals surface area contributed by atoms with Gasteiger partial charge in [-0.25, -0.2) is 0 Å². The van der Waals surface area contributed by atoms with Crippen LogP contribution in [0.5, 0.6) is 0 Å². The lowest BCUT2D eigenvalue weighted by atomic mass is 9.98. The fraction of sp³-hybridized carbons (Fsp3) is 0.688. The highest BCUT2D eigenvalue weighted by atomic mass is 32.1. The molecular weight excluding hydrogens is 268 g/mol. The highest BCUT2D eigenvalue weighted by Crippen LogP contribution is 2.40. The molecule has 1 amide bonds. The third-order valence-electron chi connectivity index (χ3n) is 4.98. The molecule has 1 N–H and O–H groups in total. The van der Waals surface area contributed by atoms with Crippen LogP contribution in [0.4, 0.5) is 0 Å². The van der Waals surface area contributed by atoms with Crippen LogP contribution in [0.25, 0.3) is 0 Å². The van der Waals surface area contributed by atoms with Crippen molar-refractivity contribution < 1.29 is 4.79 Å². The molecule has 0 aromatic carbocycles. The molecule has 1 aromatic rings.